The van der Waals surface area contributed by atoms with Crippen LogP contribution in [0.25, 0.3) is 0 Å². The van der Waals surface area contributed by atoms with Crippen LogP contribution in [-0.2, 0) is 6.42 Å². The van der Waals surface area contributed by atoms with Crippen LogP contribution in [0.15, 0.2) is 18.2 Å². The number of hydrogen-bond acceptors (Lipinski definition) is 1. The number of nitrogens with zero attached hydrogens (tertiary/aromatic N) is 1. The summed E-state index contributed by atoms with van der Waals surface area (Å²) in [5.74, 6) is 3.51. The van der Waals surface area contributed by atoms with E-state index in [2.05, 4.69) is 6.92 Å². The smallest absolute Gasteiger partial charge is 0.127 e. The van der Waals surface area contributed by atoms with Crippen molar-refractivity contribution in [3.8, 4) is 6.07 Å². The zero-order valence-corrected chi connectivity index (χ0v) is 17.8. The summed E-state index contributed by atoms with van der Waals surface area (Å²) in [6.45, 7) is 2.30. The third kappa shape index (κ3) is 6.07. The van der Waals surface area contributed by atoms with Gasteiger partial charge in [-0.3, -0.25) is 0 Å². The van der Waals surface area contributed by atoms with Crippen LogP contribution < -0.4 is 0 Å². The van der Waals surface area contributed by atoms with Crippen molar-refractivity contribution < 1.29 is 4.39 Å². The highest BCUT2D eigenvalue weighted by molar-refractivity contribution is 5.32. The second-order valence-electron chi connectivity index (χ2n) is 9.51. The molecule has 0 N–H and O–H groups in total. The molecule has 0 atom stereocenters. The Morgan fingerprint density at radius 2 is 1.50 bits per heavy atom. The number of rotatable bonds is 8. The molecule has 1 aromatic rings. The molecule has 2 aliphatic rings. The molecule has 0 bridgehead atoms. The van der Waals surface area contributed by atoms with Gasteiger partial charge in [0.2, 0.25) is 0 Å². The van der Waals surface area contributed by atoms with Gasteiger partial charge >= 0.3 is 0 Å². The minimum Gasteiger partial charge on any atom is -0.207 e. The van der Waals surface area contributed by atoms with E-state index in [-0.39, 0.29) is 5.82 Å². The fourth-order valence-corrected chi connectivity index (χ4v) is 5.76. The largest absolute Gasteiger partial charge is 0.207 e. The SMILES string of the molecule is CCCCCC1CCC(C2CCC(CCc3ccc(C#N)cc3F)CC2)CC1. The molecule has 0 spiro atoms. The van der Waals surface area contributed by atoms with E-state index < -0.39 is 0 Å². The molecule has 2 fully saturated rings. The lowest BCUT2D eigenvalue weighted by Gasteiger charge is -2.38. The molecule has 0 saturated heterocycles. The minimum atomic E-state index is -0.205. The van der Waals surface area contributed by atoms with Crippen molar-refractivity contribution in [3.05, 3.63) is 35.1 Å². The van der Waals surface area contributed by atoms with Crippen LogP contribution in [0, 0.1) is 40.8 Å². The normalized spacial score (nSPS) is 28.0. The van der Waals surface area contributed by atoms with E-state index in [1.807, 2.05) is 6.07 Å². The Morgan fingerprint density at radius 1 is 0.893 bits per heavy atom. The molecule has 1 nitrogen and oxygen atoms in total. The molecule has 0 unspecified atom stereocenters. The molecule has 28 heavy (non-hydrogen) atoms. The van der Waals surface area contributed by atoms with Gasteiger partial charge in [0, 0.05) is 0 Å². The summed E-state index contributed by atoms with van der Waals surface area (Å²) in [5.41, 5.74) is 1.20. The standard InChI is InChI=1S/C26H38FN/c1-2-3-4-5-20-6-12-23(13-7-20)24-14-8-21(9-15-24)10-16-25-17-11-22(19-28)18-26(25)27/h11,17-18,20-21,23-24H,2-10,12-16H2,1H3. The Labute approximate surface area is 171 Å². The van der Waals surface area contributed by atoms with Crippen LogP contribution in [0.4, 0.5) is 4.39 Å². The first-order valence-corrected chi connectivity index (χ1v) is 11.9. The lowest BCUT2D eigenvalue weighted by atomic mass is 9.68. The molecular formula is C26H38FN. The summed E-state index contributed by atoms with van der Waals surface area (Å²) in [5, 5.41) is 8.87. The van der Waals surface area contributed by atoms with E-state index in [1.54, 1.807) is 12.1 Å². The molecule has 2 saturated carbocycles. The zero-order valence-electron chi connectivity index (χ0n) is 17.8. The number of benzene rings is 1. The van der Waals surface area contributed by atoms with Crippen molar-refractivity contribution in [3.63, 3.8) is 0 Å². The van der Waals surface area contributed by atoms with Crippen molar-refractivity contribution in [2.45, 2.75) is 96.8 Å². The first-order valence-electron chi connectivity index (χ1n) is 11.9. The van der Waals surface area contributed by atoms with E-state index in [1.165, 1.54) is 83.1 Å². The number of nitriles is 1. The van der Waals surface area contributed by atoms with E-state index in [0.717, 1.165) is 42.1 Å². The van der Waals surface area contributed by atoms with Crippen LogP contribution in [0.2, 0.25) is 0 Å². The average molecular weight is 384 g/mol. The topological polar surface area (TPSA) is 23.8 Å². The molecule has 0 heterocycles. The molecule has 1 aromatic carbocycles. The Morgan fingerprint density at radius 3 is 2.04 bits per heavy atom. The maximum atomic E-state index is 14.1. The third-order valence-corrected chi connectivity index (χ3v) is 7.67. The van der Waals surface area contributed by atoms with Crippen molar-refractivity contribution in [2.24, 2.45) is 23.7 Å². The fourth-order valence-electron chi connectivity index (χ4n) is 5.76. The van der Waals surface area contributed by atoms with Gasteiger partial charge < -0.3 is 0 Å². The second kappa shape index (κ2) is 11.0. The predicted molar refractivity (Wildman–Crippen MR) is 114 cm³/mol. The van der Waals surface area contributed by atoms with Crippen molar-refractivity contribution >= 4 is 0 Å². The molecule has 2 heteroatoms. The highest BCUT2D eigenvalue weighted by Gasteiger charge is 2.30. The van der Waals surface area contributed by atoms with Crippen LogP contribution in [0.3, 0.4) is 0 Å². The maximum Gasteiger partial charge on any atom is 0.127 e. The zero-order chi connectivity index (χ0) is 19.8. The van der Waals surface area contributed by atoms with Gasteiger partial charge in [0.25, 0.3) is 0 Å². The van der Waals surface area contributed by atoms with Gasteiger partial charge in [-0.15, -0.1) is 0 Å². The van der Waals surface area contributed by atoms with Crippen LogP contribution in [0.1, 0.15) is 102 Å². The van der Waals surface area contributed by atoms with Crippen molar-refractivity contribution in [1.29, 1.82) is 5.26 Å². The monoisotopic (exact) mass is 383 g/mol. The van der Waals surface area contributed by atoms with Crippen molar-refractivity contribution in [2.75, 3.05) is 0 Å². The quantitative estimate of drug-likeness (QED) is 0.420. The molecule has 2 aliphatic carbocycles. The van der Waals surface area contributed by atoms with Crippen LogP contribution in [-0.4, -0.2) is 0 Å². The van der Waals surface area contributed by atoms with Crippen molar-refractivity contribution in [1.82, 2.24) is 0 Å². The molecular weight excluding hydrogens is 345 g/mol. The van der Waals surface area contributed by atoms with Gasteiger partial charge in [0.15, 0.2) is 0 Å². The Hall–Kier alpha value is -1.36. The van der Waals surface area contributed by atoms with Crippen LogP contribution in [0.5, 0.6) is 0 Å². The fraction of sp³-hybridized carbons (Fsp3) is 0.731. The first-order chi connectivity index (χ1) is 13.7. The highest BCUT2D eigenvalue weighted by atomic mass is 19.1. The summed E-state index contributed by atoms with van der Waals surface area (Å²) < 4.78 is 14.1. The molecule has 3 rings (SSSR count). The van der Waals surface area contributed by atoms with Gasteiger partial charge in [0.05, 0.1) is 11.6 Å². The molecule has 154 valence electrons. The summed E-state index contributed by atoms with van der Waals surface area (Å²) in [6.07, 6.45) is 18.9. The van der Waals surface area contributed by atoms with E-state index in [0.29, 0.717) is 5.56 Å². The van der Waals surface area contributed by atoms with Gasteiger partial charge in [-0.25, -0.2) is 4.39 Å². The summed E-state index contributed by atoms with van der Waals surface area (Å²) in [4.78, 5) is 0. The molecule has 0 aliphatic heterocycles. The number of hydrogen-bond donors (Lipinski definition) is 0. The Balaban J connectivity index is 1.35. The number of halogens is 1. The van der Waals surface area contributed by atoms with E-state index in [4.69, 9.17) is 5.26 Å². The number of aryl methyl sites for hydroxylation is 1. The number of unbranched alkanes of at least 4 members (excludes halogenated alkanes) is 2. The van der Waals surface area contributed by atoms with Gasteiger partial charge in [-0.1, -0.05) is 64.4 Å². The summed E-state index contributed by atoms with van der Waals surface area (Å²) in [7, 11) is 0. The van der Waals surface area contributed by atoms with Crippen LogP contribution >= 0.6 is 0 Å². The summed E-state index contributed by atoms with van der Waals surface area (Å²) >= 11 is 0. The Kier molecular flexibility index (Phi) is 8.38. The molecule has 0 aromatic heterocycles. The third-order valence-electron chi connectivity index (χ3n) is 7.67. The first kappa shape index (κ1) is 21.4. The van der Waals surface area contributed by atoms with Gasteiger partial charge in [0.1, 0.15) is 5.82 Å². The minimum absolute atomic E-state index is 0.205. The summed E-state index contributed by atoms with van der Waals surface area (Å²) in [6, 6.07) is 6.94. The Bertz CT molecular complexity index is 630. The highest BCUT2D eigenvalue weighted by Crippen LogP contribution is 2.43. The molecule has 0 radical (unpaired) electrons. The van der Waals surface area contributed by atoms with Gasteiger partial charge in [-0.2, -0.15) is 5.26 Å². The van der Waals surface area contributed by atoms with E-state index >= 15 is 0 Å². The lowest BCUT2D eigenvalue weighted by Crippen LogP contribution is -2.26. The predicted octanol–water partition coefficient (Wildman–Crippen LogP) is 7.82. The van der Waals surface area contributed by atoms with Gasteiger partial charge in [-0.05, 0) is 79.9 Å². The average Bonchev–Trinajstić information content (AvgIpc) is 2.74. The molecule has 0 amide bonds. The van der Waals surface area contributed by atoms with E-state index in [9.17, 15) is 4.39 Å². The lowest BCUT2D eigenvalue weighted by molar-refractivity contribution is 0.140. The maximum absolute atomic E-state index is 14.1. The second-order valence-corrected chi connectivity index (χ2v) is 9.51.